The minimum atomic E-state index is -0.567. The minimum Gasteiger partial charge on any atom is -0.506 e. The number of rotatable bonds is 4. The first-order chi connectivity index (χ1) is 12.7. The highest BCUT2D eigenvalue weighted by Gasteiger charge is 2.17. The molecule has 0 unspecified atom stereocenters. The predicted octanol–water partition coefficient (Wildman–Crippen LogP) is 5.10. The normalized spacial score (nSPS) is 11.5. The number of phenolic OH excluding ortho intramolecular Hbond substituents is 1. The number of phenols is 1. The predicted molar refractivity (Wildman–Crippen MR) is 113 cm³/mol. The van der Waals surface area contributed by atoms with E-state index in [0.717, 1.165) is 11.1 Å². The lowest BCUT2D eigenvalue weighted by Gasteiger charge is -2.23. The van der Waals surface area contributed by atoms with Gasteiger partial charge in [0.2, 0.25) is 0 Å². The highest BCUT2D eigenvalue weighted by molar-refractivity contribution is 5.97. The number of benzene rings is 3. The standard InChI is InChI=1S/C19H19N5O3.CH3/c1-24(2,3)14-7-4-12-5-9-18(25)19(15(12)11-14)22-21-16-8-6-13(20)10-17(16)23(26)27;/h4-11H,1-3H3,(H2-,20,21,22,25);1H3/q;-1/p+1. The van der Waals surface area contributed by atoms with Crippen LogP contribution in [-0.4, -0.2) is 31.2 Å². The molecular formula is C20H23N5O3. The maximum atomic E-state index is 11.2. The van der Waals surface area contributed by atoms with Crippen molar-refractivity contribution in [1.82, 2.24) is 4.48 Å². The highest BCUT2D eigenvalue weighted by atomic mass is 16.6. The molecule has 0 radical (unpaired) electrons. The fourth-order valence-corrected chi connectivity index (χ4v) is 2.68. The number of azo groups is 1. The fraction of sp³-hybridized carbons (Fsp3) is 0.150. The van der Waals surface area contributed by atoms with Gasteiger partial charge in [0, 0.05) is 23.2 Å². The van der Waals surface area contributed by atoms with Gasteiger partial charge >= 0.3 is 0 Å². The van der Waals surface area contributed by atoms with Crippen LogP contribution in [0, 0.1) is 17.5 Å². The SMILES string of the molecule is C[N+](C)(C)c1ccc2ccc(O)c(N=Nc3ccc(N)cc3[N+](=O)[O-])c2c1.[CH3-]. The van der Waals surface area contributed by atoms with Gasteiger partial charge in [0.15, 0.2) is 5.69 Å². The molecule has 0 aliphatic heterocycles. The van der Waals surface area contributed by atoms with Crippen LogP contribution < -0.4 is 10.2 Å². The van der Waals surface area contributed by atoms with Crippen LogP contribution in [0.1, 0.15) is 0 Å². The summed E-state index contributed by atoms with van der Waals surface area (Å²) in [5.41, 5.74) is 6.97. The van der Waals surface area contributed by atoms with Crippen molar-refractivity contribution in [2.75, 3.05) is 26.9 Å². The number of nitro groups is 1. The highest BCUT2D eigenvalue weighted by Crippen LogP contribution is 2.39. The molecule has 0 saturated heterocycles. The Morgan fingerprint density at radius 2 is 1.71 bits per heavy atom. The van der Waals surface area contributed by atoms with Gasteiger partial charge in [-0.05, 0) is 35.7 Å². The molecule has 3 aromatic carbocycles. The molecule has 0 heterocycles. The first kappa shape index (κ1) is 20.8. The van der Waals surface area contributed by atoms with Crippen LogP contribution in [0.25, 0.3) is 10.8 Å². The van der Waals surface area contributed by atoms with E-state index in [-0.39, 0.29) is 35.9 Å². The van der Waals surface area contributed by atoms with Crippen molar-refractivity contribution in [3.05, 3.63) is 66.1 Å². The summed E-state index contributed by atoms with van der Waals surface area (Å²) in [4.78, 5) is 10.6. The second-order valence-corrected chi connectivity index (χ2v) is 7.06. The molecular weight excluding hydrogens is 358 g/mol. The van der Waals surface area contributed by atoms with Crippen molar-refractivity contribution >= 4 is 39.2 Å². The number of nitro benzene ring substituents is 1. The largest absolute Gasteiger partial charge is 0.506 e. The Bertz CT molecular complexity index is 1070. The van der Waals surface area contributed by atoms with Crippen molar-refractivity contribution in [1.29, 1.82) is 0 Å². The quantitative estimate of drug-likeness (QED) is 0.163. The molecule has 0 aliphatic carbocycles. The van der Waals surface area contributed by atoms with E-state index in [1.807, 2.05) is 39.3 Å². The monoisotopic (exact) mass is 381 g/mol. The summed E-state index contributed by atoms with van der Waals surface area (Å²) >= 11 is 0. The molecule has 0 bridgehead atoms. The van der Waals surface area contributed by atoms with Crippen LogP contribution in [0.3, 0.4) is 0 Å². The number of hydrogen-bond donors (Lipinski definition) is 2. The van der Waals surface area contributed by atoms with E-state index in [2.05, 4.69) is 10.2 Å². The first-order valence-corrected chi connectivity index (χ1v) is 8.20. The molecule has 8 nitrogen and oxygen atoms in total. The van der Waals surface area contributed by atoms with Gasteiger partial charge in [0.05, 0.1) is 26.1 Å². The van der Waals surface area contributed by atoms with Crippen molar-refractivity contribution in [3.8, 4) is 5.75 Å². The third-order valence-corrected chi connectivity index (χ3v) is 4.18. The van der Waals surface area contributed by atoms with Crippen LogP contribution in [-0.2, 0) is 0 Å². The molecule has 0 aromatic heterocycles. The molecule has 0 amide bonds. The zero-order chi connectivity index (χ0) is 19.8. The third-order valence-electron chi connectivity index (χ3n) is 4.18. The molecule has 0 atom stereocenters. The number of aromatic hydroxyl groups is 1. The molecule has 0 spiro atoms. The molecule has 28 heavy (non-hydrogen) atoms. The van der Waals surface area contributed by atoms with Crippen LogP contribution in [0.4, 0.5) is 28.4 Å². The molecule has 8 heteroatoms. The number of anilines is 1. The molecule has 3 aromatic rings. The summed E-state index contributed by atoms with van der Waals surface area (Å²) in [6, 6.07) is 13.4. The second kappa shape index (κ2) is 7.61. The Hall–Kier alpha value is -3.52. The number of nitrogen functional groups attached to an aromatic ring is 1. The van der Waals surface area contributed by atoms with Crippen LogP contribution in [0.2, 0.25) is 0 Å². The van der Waals surface area contributed by atoms with Crippen molar-refractivity contribution in [3.63, 3.8) is 0 Å². The van der Waals surface area contributed by atoms with E-state index in [9.17, 15) is 15.2 Å². The lowest BCUT2D eigenvalue weighted by Crippen LogP contribution is -2.34. The van der Waals surface area contributed by atoms with E-state index in [1.165, 1.54) is 24.3 Å². The maximum Gasteiger partial charge on any atom is 0.298 e. The number of hydrogen-bond acceptors (Lipinski definition) is 6. The van der Waals surface area contributed by atoms with E-state index in [1.54, 1.807) is 6.07 Å². The van der Waals surface area contributed by atoms with Gasteiger partial charge in [0.25, 0.3) is 5.69 Å². The van der Waals surface area contributed by atoms with E-state index in [0.29, 0.717) is 9.87 Å². The lowest BCUT2D eigenvalue weighted by atomic mass is 10.1. The summed E-state index contributed by atoms with van der Waals surface area (Å²) < 4.78 is 0.589. The summed E-state index contributed by atoms with van der Waals surface area (Å²) in [6.07, 6.45) is 0. The molecule has 0 fully saturated rings. The fourth-order valence-electron chi connectivity index (χ4n) is 2.68. The van der Waals surface area contributed by atoms with Gasteiger partial charge in [-0.15, -0.1) is 10.2 Å². The summed E-state index contributed by atoms with van der Waals surface area (Å²) in [5, 5.41) is 31.2. The average Bonchev–Trinajstić information content (AvgIpc) is 2.60. The number of nitrogens with zero attached hydrogens (tertiary/aromatic N) is 4. The minimum absolute atomic E-state index is 0. The van der Waals surface area contributed by atoms with E-state index in [4.69, 9.17) is 5.73 Å². The van der Waals surface area contributed by atoms with Gasteiger partial charge in [0.1, 0.15) is 17.1 Å². The van der Waals surface area contributed by atoms with E-state index >= 15 is 0 Å². The molecule has 0 saturated carbocycles. The van der Waals surface area contributed by atoms with Crippen molar-refractivity contribution < 1.29 is 10.0 Å². The average molecular weight is 381 g/mol. The Balaban J connectivity index is 0.00000280. The zero-order valence-corrected chi connectivity index (χ0v) is 16.2. The molecule has 3 N–H and O–H groups in total. The third kappa shape index (κ3) is 4.07. The van der Waals surface area contributed by atoms with Crippen LogP contribution >= 0.6 is 0 Å². The Morgan fingerprint density at radius 1 is 1.04 bits per heavy atom. The van der Waals surface area contributed by atoms with Gasteiger partial charge in [-0.2, -0.15) is 0 Å². The summed E-state index contributed by atoms with van der Waals surface area (Å²) in [6.45, 7) is 0. The van der Waals surface area contributed by atoms with Gasteiger partial charge in [-0.25, -0.2) is 0 Å². The number of quaternary nitrogens is 1. The number of nitrogens with two attached hydrogens (primary N) is 1. The van der Waals surface area contributed by atoms with Gasteiger partial charge in [-0.3, -0.25) is 14.6 Å². The topological polar surface area (TPSA) is 114 Å². The molecule has 0 aliphatic rings. The van der Waals surface area contributed by atoms with Crippen molar-refractivity contribution in [2.24, 2.45) is 10.2 Å². The summed E-state index contributed by atoms with van der Waals surface area (Å²) in [7, 11) is 6.09. The molecule has 3 rings (SSSR count). The van der Waals surface area contributed by atoms with Crippen LogP contribution in [0.15, 0.2) is 58.8 Å². The molecule has 146 valence electrons. The van der Waals surface area contributed by atoms with Crippen molar-refractivity contribution in [2.45, 2.75) is 0 Å². The Kier molecular flexibility index (Phi) is 5.65. The second-order valence-electron chi connectivity index (χ2n) is 7.06. The van der Waals surface area contributed by atoms with Crippen LogP contribution in [0.5, 0.6) is 5.75 Å². The Morgan fingerprint density at radius 3 is 2.36 bits per heavy atom. The Labute approximate surface area is 163 Å². The maximum absolute atomic E-state index is 11.2. The summed E-state index contributed by atoms with van der Waals surface area (Å²) in [5.74, 6) is -0.0529. The smallest absolute Gasteiger partial charge is 0.298 e. The van der Waals surface area contributed by atoms with E-state index < -0.39 is 4.92 Å². The lowest BCUT2D eigenvalue weighted by molar-refractivity contribution is -0.384. The van der Waals surface area contributed by atoms with Gasteiger partial charge < -0.3 is 18.3 Å². The number of fused-ring (bicyclic) bond motifs is 1. The zero-order valence-electron chi connectivity index (χ0n) is 16.2. The first-order valence-electron chi connectivity index (χ1n) is 8.20. The van der Waals surface area contributed by atoms with Gasteiger partial charge in [-0.1, -0.05) is 6.07 Å².